The second-order valence-electron chi connectivity index (χ2n) is 5.69. The van der Waals surface area contributed by atoms with Crippen molar-refractivity contribution < 1.29 is 14.6 Å². The molecule has 0 aliphatic heterocycles. The lowest BCUT2D eigenvalue weighted by Gasteiger charge is -2.44. The molecule has 1 aliphatic rings. The van der Waals surface area contributed by atoms with E-state index in [0.29, 0.717) is 25.9 Å². The Kier molecular flexibility index (Phi) is 3.72. The van der Waals surface area contributed by atoms with Gasteiger partial charge in [0.05, 0.1) is 17.6 Å². The normalized spacial score (nSPS) is 35.6. The Bertz CT molecular complexity index is 317. The summed E-state index contributed by atoms with van der Waals surface area (Å²) in [7, 11) is 0. The molecule has 0 aromatic heterocycles. The maximum Gasteiger partial charge on any atom is 0.313 e. The van der Waals surface area contributed by atoms with Crippen LogP contribution in [0.4, 0.5) is 0 Å². The molecule has 0 bridgehead atoms. The van der Waals surface area contributed by atoms with Crippen molar-refractivity contribution in [3.8, 4) is 0 Å². The zero-order valence-electron chi connectivity index (χ0n) is 11.4. The number of esters is 1. The molecule has 0 heterocycles. The number of hydrogen-bond acceptors (Lipinski definition) is 3. The van der Waals surface area contributed by atoms with Crippen LogP contribution in [-0.4, -0.2) is 23.3 Å². The lowest BCUT2D eigenvalue weighted by molar-refractivity contribution is -0.168. The highest BCUT2D eigenvalue weighted by Gasteiger charge is 2.63. The highest BCUT2D eigenvalue weighted by molar-refractivity contribution is 5.79. The van der Waals surface area contributed by atoms with E-state index in [0.717, 1.165) is 0 Å². The van der Waals surface area contributed by atoms with E-state index in [4.69, 9.17) is 4.74 Å². The Hall–Kier alpha value is -0.830. The third-order valence-corrected chi connectivity index (χ3v) is 4.74. The van der Waals surface area contributed by atoms with E-state index in [2.05, 4.69) is 6.58 Å². The van der Waals surface area contributed by atoms with E-state index in [-0.39, 0.29) is 5.97 Å². The van der Waals surface area contributed by atoms with Gasteiger partial charge in [0.25, 0.3) is 0 Å². The van der Waals surface area contributed by atoms with Gasteiger partial charge in [-0.2, -0.15) is 0 Å². The summed E-state index contributed by atoms with van der Waals surface area (Å²) in [5.74, 6) is -0.206. The summed E-state index contributed by atoms with van der Waals surface area (Å²) < 4.78 is 5.21. The first-order valence-electron chi connectivity index (χ1n) is 6.25. The fraction of sp³-hybridized carbons (Fsp3) is 0.786. The van der Waals surface area contributed by atoms with E-state index in [1.807, 2.05) is 13.8 Å². The van der Waals surface area contributed by atoms with E-state index >= 15 is 0 Å². The van der Waals surface area contributed by atoms with Crippen LogP contribution in [0.3, 0.4) is 0 Å². The topological polar surface area (TPSA) is 46.5 Å². The first kappa shape index (κ1) is 14.2. The third kappa shape index (κ3) is 1.90. The molecule has 0 amide bonds. The van der Waals surface area contributed by atoms with Gasteiger partial charge in [-0.25, -0.2) is 0 Å². The van der Waals surface area contributed by atoms with Gasteiger partial charge in [-0.05, 0) is 33.1 Å². The fourth-order valence-electron chi connectivity index (χ4n) is 2.91. The van der Waals surface area contributed by atoms with Gasteiger partial charge >= 0.3 is 5.97 Å². The molecule has 1 fully saturated rings. The zero-order valence-corrected chi connectivity index (χ0v) is 11.4. The van der Waals surface area contributed by atoms with Crippen molar-refractivity contribution in [2.24, 2.45) is 10.8 Å². The van der Waals surface area contributed by atoms with E-state index < -0.39 is 16.4 Å². The fourth-order valence-corrected chi connectivity index (χ4v) is 2.91. The average molecular weight is 240 g/mol. The molecule has 1 N–H and O–H groups in total. The Labute approximate surface area is 104 Å². The maximum absolute atomic E-state index is 12.3. The van der Waals surface area contributed by atoms with Gasteiger partial charge < -0.3 is 9.84 Å². The molecule has 0 radical (unpaired) electrons. The summed E-state index contributed by atoms with van der Waals surface area (Å²) in [4.78, 5) is 12.3. The van der Waals surface area contributed by atoms with Gasteiger partial charge in [0, 0.05) is 5.41 Å². The van der Waals surface area contributed by atoms with Crippen LogP contribution < -0.4 is 0 Å². The predicted molar refractivity (Wildman–Crippen MR) is 67.5 cm³/mol. The summed E-state index contributed by atoms with van der Waals surface area (Å²) in [6.07, 6.45) is 3.57. The van der Waals surface area contributed by atoms with Crippen LogP contribution in [0.25, 0.3) is 0 Å². The zero-order chi connectivity index (χ0) is 13.3. The number of carbonyl (C=O) groups is 1. The number of carbonyl (C=O) groups excluding carboxylic acids is 1. The number of allylic oxidation sites excluding steroid dienone is 1. The van der Waals surface area contributed by atoms with Crippen molar-refractivity contribution in [1.29, 1.82) is 0 Å². The van der Waals surface area contributed by atoms with Crippen LogP contribution in [0, 0.1) is 10.8 Å². The van der Waals surface area contributed by atoms with Gasteiger partial charge in [0.1, 0.15) is 0 Å². The summed E-state index contributed by atoms with van der Waals surface area (Å²) >= 11 is 0. The average Bonchev–Trinajstić information content (AvgIpc) is 2.40. The van der Waals surface area contributed by atoms with Crippen LogP contribution in [0.2, 0.25) is 0 Å². The van der Waals surface area contributed by atoms with Crippen molar-refractivity contribution in [3.05, 3.63) is 12.7 Å². The molecule has 0 aromatic carbocycles. The molecule has 1 aliphatic carbocycles. The standard InChI is InChI=1S/C14H24O3/c1-6-8-14(11(15)17-7-2)10-9-13(5,16)12(14,3)4/h6,16H,1,7-10H2,2-5H3. The van der Waals surface area contributed by atoms with E-state index in [1.165, 1.54) is 0 Å². The first-order valence-corrected chi connectivity index (χ1v) is 6.25. The predicted octanol–water partition coefficient (Wildman–Crippen LogP) is 2.68. The third-order valence-electron chi connectivity index (χ3n) is 4.74. The van der Waals surface area contributed by atoms with Gasteiger partial charge in [0.2, 0.25) is 0 Å². The minimum atomic E-state index is -0.844. The monoisotopic (exact) mass is 240 g/mol. The largest absolute Gasteiger partial charge is 0.466 e. The molecule has 0 saturated heterocycles. The Morgan fingerprint density at radius 1 is 1.41 bits per heavy atom. The Morgan fingerprint density at radius 2 is 2.00 bits per heavy atom. The Balaban J connectivity index is 3.18. The molecule has 3 nitrogen and oxygen atoms in total. The van der Waals surface area contributed by atoms with Gasteiger partial charge in [-0.1, -0.05) is 19.9 Å². The molecular weight excluding hydrogens is 216 g/mol. The maximum atomic E-state index is 12.3. The van der Waals surface area contributed by atoms with Crippen LogP contribution >= 0.6 is 0 Å². The molecule has 17 heavy (non-hydrogen) atoms. The lowest BCUT2D eigenvalue weighted by Crippen LogP contribution is -2.50. The van der Waals surface area contributed by atoms with Crippen molar-refractivity contribution in [3.63, 3.8) is 0 Å². The molecule has 1 rings (SSSR count). The summed E-state index contributed by atoms with van der Waals surface area (Å²) in [5, 5.41) is 10.5. The summed E-state index contributed by atoms with van der Waals surface area (Å²) in [6.45, 7) is 11.6. The molecule has 2 atom stereocenters. The van der Waals surface area contributed by atoms with Crippen molar-refractivity contribution in [2.45, 2.75) is 52.6 Å². The second kappa shape index (κ2) is 4.45. The lowest BCUT2D eigenvalue weighted by atomic mass is 9.62. The van der Waals surface area contributed by atoms with E-state index in [9.17, 15) is 9.90 Å². The minimum Gasteiger partial charge on any atom is -0.466 e. The number of hydrogen-bond donors (Lipinski definition) is 1. The molecule has 2 unspecified atom stereocenters. The number of aliphatic hydroxyl groups is 1. The highest BCUT2D eigenvalue weighted by atomic mass is 16.5. The Morgan fingerprint density at radius 3 is 2.35 bits per heavy atom. The smallest absolute Gasteiger partial charge is 0.313 e. The first-order chi connectivity index (χ1) is 7.75. The van der Waals surface area contributed by atoms with Crippen LogP contribution in [0.15, 0.2) is 12.7 Å². The summed E-state index contributed by atoms with van der Waals surface area (Å²) in [6, 6.07) is 0. The van der Waals surface area contributed by atoms with Gasteiger partial charge in [0.15, 0.2) is 0 Å². The quantitative estimate of drug-likeness (QED) is 0.607. The van der Waals surface area contributed by atoms with Crippen molar-refractivity contribution in [2.75, 3.05) is 6.61 Å². The summed E-state index contributed by atoms with van der Waals surface area (Å²) in [5.41, 5.74) is -2.00. The minimum absolute atomic E-state index is 0.206. The molecule has 3 heteroatoms. The van der Waals surface area contributed by atoms with Crippen LogP contribution in [-0.2, 0) is 9.53 Å². The molecule has 98 valence electrons. The molecular formula is C14H24O3. The van der Waals surface area contributed by atoms with Crippen molar-refractivity contribution >= 4 is 5.97 Å². The number of rotatable bonds is 4. The van der Waals surface area contributed by atoms with E-state index in [1.54, 1.807) is 19.9 Å². The molecule has 0 spiro atoms. The SMILES string of the molecule is C=CCC1(C(=O)OCC)CCC(C)(O)C1(C)C. The van der Waals surface area contributed by atoms with Crippen molar-refractivity contribution in [1.82, 2.24) is 0 Å². The van der Waals surface area contributed by atoms with Crippen LogP contribution in [0.5, 0.6) is 0 Å². The highest BCUT2D eigenvalue weighted by Crippen LogP contribution is 2.60. The number of ether oxygens (including phenoxy) is 1. The van der Waals surface area contributed by atoms with Crippen LogP contribution in [0.1, 0.15) is 47.0 Å². The van der Waals surface area contributed by atoms with Gasteiger partial charge in [-0.3, -0.25) is 4.79 Å². The van der Waals surface area contributed by atoms with Gasteiger partial charge in [-0.15, -0.1) is 6.58 Å². The second-order valence-corrected chi connectivity index (χ2v) is 5.69. The molecule has 0 aromatic rings. The molecule has 1 saturated carbocycles.